The number of pyridine rings is 1. The lowest BCUT2D eigenvalue weighted by Gasteiger charge is -2.08. The van der Waals surface area contributed by atoms with E-state index in [1.54, 1.807) is 19.5 Å². The molecule has 2 aromatic rings. The molecule has 0 saturated carbocycles. The number of hydrogen-bond acceptors (Lipinski definition) is 4. The Hall–Kier alpha value is -1.75. The van der Waals surface area contributed by atoms with Crippen LogP contribution in [0.1, 0.15) is 0 Å². The summed E-state index contributed by atoms with van der Waals surface area (Å²) in [5, 5.41) is 0. The van der Waals surface area contributed by atoms with E-state index in [-0.39, 0.29) is 0 Å². The van der Waals surface area contributed by atoms with Gasteiger partial charge in [-0.2, -0.15) is 0 Å². The van der Waals surface area contributed by atoms with E-state index in [0.717, 1.165) is 16.0 Å². The Morgan fingerprint density at radius 2 is 1.58 bits per heavy atom. The van der Waals surface area contributed by atoms with Crippen LogP contribution in [0.2, 0.25) is 0 Å². The van der Waals surface area contributed by atoms with Gasteiger partial charge in [0.05, 0.1) is 13.3 Å². The minimum absolute atomic E-state index is 0.462. The minimum Gasteiger partial charge on any atom is -0.497 e. The van der Waals surface area contributed by atoms with Gasteiger partial charge in [-0.15, -0.1) is 0 Å². The maximum Gasteiger partial charge on any atom is 0.138 e. The van der Waals surface area contributed by atoms with Crippen LogP contribution in [0, 0.1) is 0 Å². The molecule has 1 aromatic carbocycles. The predicted molar refractivity (Wildman–Crippen MR) is 75.9 cm³/mol. The molecule has 0 radical (unpaired) electrons. The summed E-state index contributed by atoms with van der Waals surface area (Å²) in [6.07, 6.45) is 3.37. The molecular weight excluding hydrogens is 310 g/mol. The minimum atomic E-state index is 0.462. The van der Waals surface area contributed by atoms with Crippen molar-refractivity contribution in [3.8, 4) is 17.2 Å². The van der Waals surface area contributed by atoms with E-state index in [4.69, 9.17) is 14.2 Å². The average molecular weight is 324 g/mol. The van der Waals surface area contributed by atoms with Gasteiger partial charge in [0.1, 0.15) is 30.5 Å². The van der Waals surface area contributed by atoms with E-state index in [1.165, 1.54) is 0 Å². The normalized spacial score (nSPS) is 10.0. The Balaban J connectivity index is 1.74. The Bertz CT molecular complexity index is 516. The molecule has 1 heterocycles. The first-order valence-corrected chi connectivity index (χ1v) is 6.57. The highest BCUT2D eigenvalue weighted by molar-refractivity contribution is 9.10. The quantitative estimate of drug-likeness (QED) is 0.765. The first-order chi connectivity index (χ1) is 9.28. The molecule has 0 fully saturated rings. The summed E-state index contributed by atoms with van der Waals surface area (Å²) in [6, 6.07) is 9.29. The zero-order valence-corrected chi connectivity index (χ0v) is 12.1. The maximum absolute atomic E-state index is 5.54. The summed E-state index contributed by atoms with van der Waals surface area (Å²) in [6.45, 7) is 0.934. The average Bonchev–Trinajstić information content (AvgIpc) is 2.44. The maximum atomic E-state index is 5.54. The van der Waals surface area contributed by atoms with Crippen LogP contribution in [0.4, 0.5) is 0 Å². The summed E-state index contributed by atoms with van der Waals surface area (Å²) < 4.78 is 17.0. The van der Waals surface area contributed by atoms with Gasteiger partial charge in [0.15, 0.2) is 0 Å². The van der Waals surface area contributed by atoms with Crippen LogP contribution in [0.15, 0.2) is 47.2 Å². The molecule has 4 nitrogen and oxygen atoms in total. The third kappa shape index (κ3) is 4.44. The molecule has 1 aromatic heterocycles. The molecule has 0 spiro atoms. The molecule has 2 rings (SSSR count). The first-order valence-electron chi connectivity index (χ1n) is 5.78. The van der Waals surface area contributed by atoms with E-state index >= 15 is 0 Å². The van der Waals surface area contributed by atoms with Crippen LogP contribution >= 0.6 is 15.9 Å². The fourth-order valence-electron chi connectivity index (χ4n) is 1.46. The molecule has 0 aliphatic heterocycles. The van der Waals surface area contributed by atoms with E-state index in [1.807, 2.05) is 30.3 Å². The van der Waals surface area contributed by atoms with E-state index < -0.39 is 0 Å². The van der Waals surface area contributed by atoms with Crippen LogP contribution in [0.25, 0.3) is 0 Å². The van der Waals surface area contributed by atoms with Gasteiger partial charge in [-0.1, -0.05) is 0 Å². The number of halogens is 1. The van der Waals surface area contributed by atoms with Crippen molar-refractivity contribution in [1.82, 2.24) is 4.98 Å². The van der Waals surface area contributed by atoms with Crippen molar-refractivity contribution in [2.75, 3.05) is 20.3 Å². The lowest BCUT2D eigenvalue weighted by Crippen LogP contribution is -2.09. The lowest BCUT2D eigenvalue weighted by atomic mass is 10.3. The third-order valence-electron chi connectivity index (χ3n) is 2.36. The molecule has 0 saturated heterocycles. The number of benzene rings is 1. The van der Waals surface area contributed by atoms with Gasteiger partial charge >= 0.3 is 0 Å². The zero-order chi connectivity index (χ0) is 13.5. The first kappa shape index (κ1) is 13.7. The summed E-state index contributed by atoms with van der Waals surface area (Å²) in [5.74, 6) is 2.31. The van der Waals surface area contributed by atoms with Crippen LogP contribution < -0.4 is 14.2 Å². The highest BCUT2D eigenvalue weighted by atomic mass is 79.9. The number of aromatic nitrogens is 1. The zero-order valence-electron chi connectivity index (χ0n) is 10.5. The van der Waals surface area contributed by atoms with Crippen molar-refractivity contribution in [2.45, 2.75) is 0 Å². The highest BCUT2D eigenvalue weighted by Crippen LogP contribution is 2.17. The molecule has 19 heavy (non-hydrogen) atoms. The molecular formula is C14H14BrNO3. The SMILES string of the molecule is COc1ccc(OCCOc2cncc(Br)c2)cc1. The number of rotatable bonds is 6. The smallest absolute Gasteiger partial charge is 0.138 e. The van der Waals surface area contributed by atoms with Gasteiger partial charge < -0.3 is 14.2 Å². The topological polar surface area (TPSA) is 40.6 Å². The number of methoxy groups -OCH3 is 1. The lowest BCUT2D eigenvalue weighted by molar-refractivity contribution is 0.216. The summed E-state index contributed by atoms with van der Waals surface area (Å²) >= 11 is 3.34. The molecule has 100 valence electrons. The Morgan fingerprint density at radius 3 is 2.21 bits per heavy atom. The van der Waals surface area contributed by atoms with Crippen LogP contribution in [-0.2, 0) is 0 Å². The largest absolute Gasteiger partial charge is 0.497 e. The molecule has 0 N–H and O–H groups in total. The molecule has 0 atom stereocenters. The van der Waals surface area contributed by atoms with Crippen molar-refractivity contribution < 1.29 is 14.2 Å². The number of ether oxygens (including phenoxy) is 3. The van der Waals surface area contributed by atoms with Gasteiger partial charge in [0.2, 0.25) is 0 Å². The molecule has 0 aliphatic carbocycles. The van der Waals surface area contributed by atoms with Gasteiger partial charge in [-0.3, -0.25) is 4.98 Å². The van der Waals surface area contributed by atoms with E-state index in [2.05, 4.69) is 20.9 Å². The molecule has 5 heteroatoms. The third-order valence-corrected chi connectivity index (χ3v) is 2.79. The standard InChI is InChI=1S/C14H14BrNO3/c1-17-12-2-4-13(5-3-12)18-6-7-19-14-8-11(15)9-16-10-14/h2-5,8-10H,6-7H2,1H3. The van der Waals surface area contributed by atoms with Crippen LogP contribution in [0.3, 0.4) is 0 Å². The van der Waals surface area contributed by atoms with Gasteiger partial charge in [0, 0.05) is 10.7 Å². The monoisotopic (exact) mass is 323 g/mol. The molecule has 0 bridgehead atoms. The number of hydrogen-bond donors (Lipinski definition) is 0. The highest BCUT2D eigenvalue weighted by Gasteiger charge is 1.97. The Labute approximate surface area is 120 Å². The molecule has 0 aliphatic rings. The van der Waals surface area contributed by atoms with Crippen molar-refractivity contribution in [3.63, 3.8) is 0 Å². The van der Waals surface area contributed by atoms with E-state index in [9.17, 15) is 0 Å². The summed E-state index contributed by atoms with van der Waals surface area (Å²) in [5.41, 5.74) is 0. The number of nitrogens with zero attached hydrogens (tertiary/aromatic N) is 1. The van der Waals surface area contributed by atoms with E-state index in [0.29, 0.717) is 19.0 Å². The second-order valence-corrected chi connectivity index (χ2v) is 4.63. The fourth-order valence-corrected chi connectivity index (χ4v) is 1.81. The Morgan fingerprint density at radius 1 is 0.947 bits per heavy atom. The Kier molecular flexibility index (Phi) is 5.03. The molecule has 0 unspecified atom stereocenters. The van der Waals surface area contributed by atoms with Crippen molar-refractivity contribution in [3.05, 3.63) is 47.2 Å². The predicted octanol–water partition coefficient (Wildman–Crippen LogP) is 3.31. The van der Waals surface area contributed by atoms with Crippen molar-refractivity contribution in [1.29, 1.82) is 0 Å². The van der Waals surface area contributed by atoms with Crippen molar-refractivity contribution in [2.24, 2.45) is 0 Å². The van der Waals surface area contributed by atoms with Gasteiger partial charge in [-0.25, -0.2) is 0 Å². The van der Waals surface area contributed by atoms with Crippen LogP contribution in [-0.4, -0.2) is 25.3 Å². The van der Waals surface area contributed by atoms with Gasteiger partial charge in [0.25, 0.3) is 0 Å². The summed E-state index contributed by atoms with van der Waals surface area (Å²) in [4.78, 5) is 4.01. The summed E-state index contributed by atoms with van der Waals surface area (Å²) in [7, 11) is 1.63. The fraction of sp³-hybridized carbons (Fsp3) is 0.214. The van der Waals surface area contributed by atoms with Crippen LogP contribution in [0.5, 0.6) is 17.2 Å². The van der Waals surface area contributed by atoms with Gasteiger partial charge in [-0.05, 0) is 46.3 Å². The second-order valence-electron chi connectivity index (χ2n) is 3.71. The van der Waals surface area contributed by atoms with Crippen molar-refractivity contribution >= 4 is 15.9 Å². The second kappa shape index (κ2) is 6.99. The molecule has 0 amide bonds.